The van der Waals surface area contributed by atoms with E-state index in [1.807, 2.05) is 6.07 Å². The van der Waals surface area contributed by atoms with Gasteiger partial charge in [0, 0.05) is 5.69 Å². The maximum absolute atomic E-state index is 12.5. The van der Waals surface area contributed by atoms with E-state index in [0.29, 0.717) is 17.0 Å². The number of anilines is 1. The Balaban J connectivity index is 1.30. The van der Waals surface area contributed by atoms with Gasteiger partial charge in [0.25, 0.3) is 0 Å². The average molecular weight is 448 g/mol. The minimum absolute atomic E-state index is 0.127. The number of amides is 1. The SMILES string of the molecule is COc1ccc(NC(=O)OC2COC3C(NS(=O)(=O)Cc4ccccc4)COC23)cc1. The molecule has 9 nitrogen and oxygen atoms in total. The van der Waals surface area contributed by atoms with Crippen LogP contribution in [-0.2, 0) is 30.0 Å². The van der Waals surface area contributed by atoms with Gasteiger partial charge in [0.15, 0.2) is 6.10 Å². The zero-order valence-electron chi connectivity index (χ0n) is 16.9. The number of ether oxygens (including phenoxy) is 4. The van der Waals surface area contributed by atoms with E-state index in [-0.39, 0.29) is 19.0 Å². The molecule has 4 unspecified atom stereocenters. The molecule has 2 saturated heterocycles. The van der Waals surface area contributed by atoms with Crippen molar-refractivity contribution in [3.63, 3.8) is 0 Å². The number of sulfonamides is 1. The van der Waals surface area contributed by atoms with Crippen molar-refractivity contribution in [1.82, 2.24) is 4.72 Å². The number of methoxy groups -OCH3 is 1. The summed E-state index contributed by atoms with van der Waals surface area (Å²) < 4.78 is 49.7. The van der Waals surface area contributed by atoms with E-state index in [1.54, 1.807) is 55.6 Å². The van der Waals surface area contributed by atoms with Crippen LogP contribution in [0.25, 0.3) is 0 Å². The third-order valence-electron chi connectivity index (χ3n) is 5.13. The van der Waals surface area contributed by atoms with E-state index in [2.05, 4.69) is 10.0 Å². The fourth-order valence-electron chi connectivity index (χ4n) is 3.69. The molecule has 0 spiro atoms. The first-order valence-electron chi connectivity index (χ1n) is 9.82. The van der Waals surface area contributed by atoms with Crippen LogP contribution in [-0.4, -0.2) is 59.2 Å². The smallest absolute Gasteiger partial charge is 0.412 e. The van der Waals surface area contributed by atoms with Gasteiger partial charge in [-0.3, -0.25) is 5.32 Å². The van der Waals surface area contributed by atoms with Crippen LogP contribution in [0.1, 0.15) is 5.56 Å². The topological polar surface area (TPSA) is 112 Å². The molecule has 0 aromatic heterocycles. The molecule has 0 saturated carbocycles. The van der Waals surface area contributed by atoms with Crippen molar-refractivity contribution in [2.45, 2.75) is 30.1 Å². The minimum atomic E-state index is -3.58. The second-order valence-electron chi connectivity index (χ2n) is 7.36. The van der Waals surface area contributed by atoms with Crippen LogP contribution in [0.3, 0.4) is 0 Å². The van der Waals surface area contributed by atoms with Crippen LogP contribution in [0.15, 0.2) is 54.6 Å². The number of carbonyl (C=O) groups excluding carboxylic acids is 1. The van der Waals surface area contributed by atoms with Gasteiger partial charge in [0.1, 0.15) is 18.0 Å². The molecule has 2 aromatic rings. The highest BCUT2D eigenvalue weighted by Crippen LogP contribution is 2.30. The van der Waals surface area contributed by atoms with Gasteiger partial charge in [0.2, 0.25) is 10.0 Å². The van der Waals surface area contributed by atoms with Crippen molar-refractivity contribution in [2.24, 2.45) is 0 Å². The Morgan fingerprint density at radius 3 is 2.45 bits per heavy atom. The maximum Gasteiger partial charge on any atom is 0.412 e. The molecule has 2 aliphatic rings. The molecular weight excluding hydrogens is 424 g/mol. The molecule has 10 heteroatoms. The number of benzene rings is 2. The zero-order chi connectivity index (χ0) is 21.8. The van der Waals surface area contributed by atoms with Gasteiger partial charge in [-0.25, -0.2) is 17.9 Å². The van der Waals surface area contributed by atoms with Gasteiger partial charge < -0.3 is 18.9 Å². The highest BCUT2D eigenvalue weighted by Gasteiger charge is 2.50. The van der Waals surface area contributed by atoms with Crippen molar-refractivity contribution in [2.75, 3.05) is 25.6 Å². The monoisotopic (exact) mass is 448 g/mol. The second kappa shape index (κ2) is 9.23. The number of hydrogen-bond acceptors (Lipinski definition) is 7. The maximum atomic E-state index is 12.5. The highest BCUT2D eigenvalue weighted by atomic mass is 32.2. The predicted octanol–water partition coefficient (Wildman–Crippen LogP) is 1.90. The van der Waals surface area contributed by atoms with E-state index >= 15 is 0 Å². The Bertz CT molecular complexity index is 998. The first-order valence-corrected chi connectivity index (χ1v) is 11.5. The third-order valence-corrected chi connectivity index (χ3v) is 6.51. The number of fused-ring (bicyclic) bond motifs is 1. The van der Waals surface area contributed by atoms with Gasteiger partial charge in [0.05, 0.1) is 32.1 Å². The summed E-state index contributed by atoms with van der Waals surface area (Å²) in [7, 11) is -2.02. The van der Waals surface area contributed by atoms with Gasteiger partial charge in [-0.05, 0) is 29.8 Å². The van der Waals surface area contributed by atoms with Gasteiger partial charge in [-0.1, -0.05) is 30.3 Å². The van der Waals surface area contributed by atoms with Crippen molar-refractivity contribution in [3.8, 4) is 5.75 Å². The fraction of sp³-hybridized carbons (Fsp3) is 0.381. The molecule has 0 radical (unpaired) electrons. The standard InChI is InChI=1S/C21H24N2O7S/c1-27-16-9-7-15(8-10-16)22-21(24)30-18-12-29-19-17(11-28-20(18)19)23-31(25,26)13-14-5-3-2-4-6-14/h2-10,17-20,23H,11-13H2,1H3,(H,22,24). The summed E-state index contributed by atoms with van der Waals surface area (Å²) in [5.41, 5.74) is 1.24. The molecule has 2 fully saturated rings. The Kier molecular flexibility index (Phi) is 6.42. The number of carbonyl (C=O) groups is 1. The Morgan fingerprint density at radius 1 is 1.03 bits per heavy atom. The lowest BCUT2D eigenvalue weighted by Gasteiger charge is -2.18. The van der Waals surface area contributed by atoms with Crippen molar-refractivity contribution < 1.29 is 32.2 Å². The number of hydrogen-bond donors (Lipinski definition) is 2. The largest absolute Gasteiger partial charge is 0.497 e. The molecule has 4 rings (SSSR count). The molecule has 4 atom stereocenters. The molecule has 2 N–H and O–H groups in total. The molecule has 0 bridgehead atoms. The summed E-state index contributed by atoms with van der Waals surface area (Å²) in [5.74, 6) is 0.539. The summed E-state index contributed by atoms with van der Waals surface area (Å²) in [6, 6.07) is 15.2. The Hall–Kier alpha value is -2.66. The van der Waals surface area contributed by atoms with E-state index in [0.717, 1.165) is 0 Å². The first kappa shape index (κ1) is 21.6. The predicted molar refractivity (Wildman–Crippen MR) is 112 cm³/mol. The molecule has 0 aliphatic carbocycles. The molecular formula is C21H24N2O7S. The zero-order valence-corrected chi connectivity index (χ0v) is 17.7. The van der Waals surface area contributed by atoms with Crippen LogP contribution in [0.2, 0.25) is 0 Å². The minimum Gasteiger partial charge on any atom is -0.497 e. The third kappa shape index (κ3) is 5.34. The molecule has 166 valence electrons. The van der Waals surface area contributed by atoms with Crippen LogP contribution in [0, 0.1) is 0 Å². The van der Waals surface area contributed by atoms with E-state index in [4.69, 9.17) is 18.9 Å². The lowest BCUT2D eigenvalue weighted by molar-refractivity contribution is 0.00883. The summed E-state index contributed by atoms with van der Waals surface area (Å²) in [5, 5.41) is 2.64. The average Bonchev–Trinajstić information content (AvgIpc) is 3.32. The number of nitrogens with one attached hydrogen (secondary N) is 2. The lowest BCUT2D eigenvalue weighted by atomic mass is 10.1. The summed E-state index contributed by atoms with van der Waals surface area (Å²) >= 11 is 0. The molecule has 1 amide bonds. The Morgan fingerprint density at radius 2 is 1.74 bits per heavy atom. The number of rotatable bonds is 7. The molecule has 2 aromatic carbocycles. The van der Waals surface area contributed by atoms with Crippen LogP contribution in [0.5, 0.6) is 5.75 Å². The van der Waals surface area contributed by atoms with E-state index < -0.39 is 40.5 Å². The summed E-state index contributed by atoms with van der Waals surface area (Å²) in [6.45, 7) is 0.269. The molecule has 31 heavy (non-hydrogen) atoms. The first-order chi connectivity index (χ1) is 14.9. The van der Waals surface area contributed by atoms with Crippen LogP contribution >= 0.6 is 0 Å². The summed E-state index contributed by atoms with van der Waals surface area (Å²) in [4.78, 5) is 12.2. The van der Waals surface area contributed by atoms with E-state index in [1.165, 1.54) is 0 Å². The van der Waals surface area contributed by atoms with Crippen LogP contribution < -0.4 is 14.8 Å². The quantitative estimate of drug-likeness (QED) is 0.665. The highest BCUT2D eigenvalue weighted by molar-refractivity contribution is 7.88. The van der Waals surface area contributed by atoms with Crippen molar-refractivity contribution >= 4 is 21.8 Å². The van der Waals surface area contributed by atoms with E-state index in [9.17, 15) is 13.2 Å². The molecule has 2 heterocycles. The van der Waals surface area contributed by atoms with Crippen LogP contribution in [0.4, 0.5) is 10.5 Å². The van der Waals surface area contributed by atoms with Gasteiger partial charge in [-0.2, -0.15) is 0 Å². The fourth-order valence-corrected chi connectivity index (χ4v) is 5.07. The summed E-state index contributed by atoms with van der Waals surface area (Å²) in [6.07, 6.45) is -2.33. The Labute approximate surface area is 180 Å². The second-order valence-corrected chi connectivity index (χ2v) is 9.12. The lowest BCUT2D eigenvalue weighted by Crippen LogP contribution is -2.44. The van der Waals surface area contributed by atoms with Gasteiger partial charge in [-0.15, -0.1) is 0 Å². The normalized spacial score (nSPS) is 25.1. The molecule has 2 aliphatic heterocycles. The van der Waals surface area contributed by atoms with Crippen molar-refractivity contribution in [1.29, 1.82) is 0 Å². The van der Waals surface area contributed by atoms with Crippen molar-refractivity contribution in [3.05, 3.63) is 60.2 Å². The van der Waals surface area contributed by atoms with Gasteiger partial charge >= 0.3 is 6.09 Å².